The molecule has 0 unspecified atom stereocenters. The van der Waals surface area contributed by atoms with Crippen LogP contribution in [-0.2, 0) is 4.79 Å². The Kier molecular flexibility index (Phi) is 18.1. The molecule has 0 fully saturated rings. The van der Waals surface area contributed by atoms with Crippen LogP contribution in [0, 0.1) is 0 Å². The number of unbranched alkanes of at least 4 members (excludes halogenated alkanes) is 13. The van der Waals surface area contributed by atoms with Crippen LogP contribution in [0.1, 0.15) is 89.9 Å². The predicted octanol–water partition coefficient (Wildman–Crippen LogP) is 5.64. The average Bonchev–Trinajstić information content (AvgIpc) is 2.53. The van der Waals surface area contributed by atoms with Gasteiger partial charge in [0, 0.05) is 12.7 Å². The van der Waals surface area contributed by atoms with Gasteiger partial charge in [0.25, 0.3) is 0 Å². The smallest absolute Gasteiger partial charge is 0.328 e. The fourth-order valence-electron chi connectivity index (χ4n) is 2.63. The third-order valence-corrected chi connectivity index (χ3v) is 4.01. The number of carboxylic acid groups (broad SMARTS) is 1. The van der Waals surface area contributed by atoms with Gasteiger partial charge in [-0.25, -0.2) is 4.79 Å². The molecule has 0 amide bonds. The lowest BCUT2D eigenvalue weighted by atomic mass is 10.0. The standard InChI is InChI=1S/C20H36O3/c21-19-17-15-13-11-9-7-5-3-1-2-4-6-8-10-12-14-16-18-20(22)23/h12,14,16,18,21H,1-11,13,15,17,19H2,(H,22,23). The molecule has 2 N–H and O–H groups in total. The molecule has 0 radical (unpaired) electrons. The van der Waals surface area contributed by atoms with Gasteiger partial charge >= 0.3 is 5.97 Å². The Morgan fingerprint density at radius 1 is 0.652 bits per heavy atom. The van der Waals surface area contributed by atoms with Crippen LogP contribution in [0.3, 0.4) is 0 Å². The van der Waals surface area contributed by atoms with Gasteiger partial charge in [-0.05, 0) is 19.3 Å². The van der Waals surface area contributed by atoms with Crippen molar-refractivity contribution in [3.05, 3.63) is 24.3 Å². The van der Waals surface area contributed by atoms with Crippen LogP contribution >= 0.6 is 0 Å². The zero-order valence-electron chi connectivity index (χ0n) is 14.7. The SMILES string of the molecule is O=C(O)C=CC=CCCCCCCCCCCCCCCCO. The van der Waals surface area contributed by atoms with Crippen LogP contribution in [0.15, 0.2) is 24.3 Å². The summed E-state index contributed by atoms with van der Waals surface area (Å²) in [6.45, 7) is 0.345. The Labute approximate surface area is 142 Å². The van der Waals surface area contributed by atoms with Gasteiger partial charge in [0.2, 0.25) is 0 Å². The molecule has 0 atom stereocenters. The summed E-state index contributed by atoms with van der Waals surface area (Å²) in [5.41, 5.74) is 0. The minimum atomic E-state index is -0.892. The molecule has 3 heteroatoms. The van der Waals surface area contributed by atoms with Gasteiger partial charge in [-0.2, -0.15) is 0 Å². The summed E-state index contributed by atoms with van der Waals surface area (Å²) in [4.78, 5) is 10.2. The zero-order chi connectivity index (χ0) is 17.0. The van der Waals surface area contributed by atoms with Crippen molar-refractivity contribution in [2.75, 3.05) is 6.61 Å². The van der Waals surface area contributed by atoms with Crippen LogP contribution in [0.2, 0.25) is 0 Å². The number of hydrogen-bond donors (Lipinski definition) is 2. The monoisotopic (exact) mass is 324 g/mol. The van der Waals surface area contributed by atoms with Crippen LogP contribution in [-0.4, -0.2) is 22.8 Å². The molecule has 0 aromatic carbocycles. The van der Waals surface area contributed by atoms with Crippen molar-refractivity contribution in [2.45, 2.75) is 89.9 Å². The second-order valence-electron chi connectivity index (χ2n) is 6.23. The Hall–Kier alpha value is -1.09. The number of carboxylic acids is 1. The quantitative estimate of drug-likeness (QED) is 0.207. The molecule has 23 heavy (non-hydrogen) atoms. The van der Waals surface area contributed by atoms with Crippen molar-refractivity contribution in [3.63, 3.8) is 0 Å². The van der Waals surface area contributed by atoms with Gasteiger partial charge in [-0.3, -0.25) is 0 Å². The highest BCUT2D eigenvalue weighted by molar-refractivity contribution is 5.80. The average molecular weight is 325 g/mol. The summed E-state index contributed by atoms with van der Waals surface area (Å²) >= 11 is 0. The van der Waals surface area contributed by atoms with Crippen molar-refractivity contribution < 1.29 is 15.0 Å². The normalized spacial score (nSPS) is 11.7. The molecule has 0 spiro atoms. The van der Waals surface area contributed by atoms with Crippen molar-refractivity contribution in [2.24, 2.45) is 0 Å². The van der Waals surface area contributed by atoms with E-state index in [1.165, 1.54) is 77.0 Å². The largest absolute Gasteiger partial charge is 0.478 e. The molecule has 0 saturated heterocycles. The van der Waals surface area contributed by atoms with Crippen LogP contribution in [0.4, 0.5) is 0 Å². The summed E-state index contributed by atoms with van der Waals surface area (Å²) < 4.78 is 0. The van der Waals surface area contributed by atoms with E-state index in [9.17, 15) is 4.79 Å². The Balaban J connectivity index is 3.09. The molecule has 0 saturated carbocycles. The van der Waals surface area contributed by atoms with E-state index in [0.717, 1.165) is 18.9 Å². The van der Waals surface area contributed by atoms with Gasteiger partial charge in [-0.1, -0.05) is 88.9 Å². The van der Waals surface area contributed by atoms with E-state index in [1.807, 2.05) is 12.2 Å². The first kappa shape index (κ1) is 21.9. The summed E-state index contributed by atoms with van der Waals surface area (Å²) in [5, 5.41) is 17.1. The molecule has 0 aliphatic heterocycles. The number of aliphatic carboxylic acids is 1. The molecule has 0 rings (SSSR count). The number of rotatable bonds is 17. The number of aliphatic hydroxyl groups excluding tert-OH is 1. The first-order chi connectivity index (χ1) is 11.3. The van der Waals surface area contributed by atoms with E-state index in [1.54, 1.807) is 6.08 Å². The molecule has 134 valence electrons. The summed E-state index contributed by atoms with van der Waals surface area (Å²) in [7, 11) is 0. The zero-order valence-corrected chi connectivity index (χ0v) is 14.7. The maximum Gasteiger partial charge on any atom is 0.328 e. The van der Waals surface area contributed by atoms with Gasteiger partial charge in [0.1, 0.15) is 0 Å². The number of aliphatic hydroxyl groups is 1. The van der Waals surface area contributed by atoms with E-state index >= 15 is 0 Å². The Morgan fingerprint density at radius 2 is 1.09 bits per heavy atom. The lowest BCUT2D eigenvalue weighted by Gasteiger charge is -2.02. The van der Waals surface area contributed by atoms with E-state index in [0.29, 0.717) is 6.61 Å². The highest BCUT2D eigenvalue weighted by Crippen LogP contribution is 2.13. The van der Waals surface area contributed by atoms with Crippen molar-refractivity contribution in [3.8, 4) is 0 Å². The molecular weight excluding hydrogens is 288 g/mol. The van der Waals surface area contributed by atoms with Gasteiger partial charge < -0.3 is 10.2 Å². The van der Waals surface area contributed by atoms with Crippen molar-refractivity contribution in [1.29, 1.82) is 0 Å². The maximum absolute atomic E-state index is 10.2. The highest BCUT2D eigenvalue weighted by atomic mass is 16.4. The molecule has 0 aliphatic carbocycles. The van der Waals surface area contributed by atoms with E-state index in [4.69, 9.17) is 10.2 Å². The summed E-state index contributed by atoms with van der Waals surface area (Å²) in [6.07, 6.45) is 24.4. The number of allylic oxidation sites excluding steroid dienone is 3. The molecule has 0 aliphatic rings. The van der Waals surface area contributed by atoms with Gasteiger partial charge in [0.05, 0.1) is 0 Å². The fourth-order valence-corrected chi connectivity index (χ4v) is 2.63. The second kappa shape index (κ2) is 19.0. The third kappa shape index (κ3) is 20.9. The lowest BCUT2D eigenvalue weighted by molar-refractivity contribution is -0.131. The first-order valence-corrected chi connectivity index (χ1v) is 9.44. The Bertz CT molecular complexity index is 308. The van der Waals surface area contributed by atoms with Gasteiger partial charge in [-0.15, -0.1) is 0 Å². The lowest BCUT2D eigenvalue weighted by Crippen LogP contribution is -1.85. The van der Waals surface area contributed by atoms with Gasteiger partial charge in [0.15, 0.2) is 0 Å². The van der Waals surface area contributed by atoms with Crippen molar-refractivity contribution >= 4 is 5.97 Å². The Morgan fingerprint density at radius 3 is 1.52 bits per heavy atom. The van der Waals surface area contributed by atoms with E-state index < -0.39 is 5.97 Å². The van der Waals surface area contributed by atoms with Crippen LogP contribution in [0.5, 0.6) is 0 Å². The molecular formula is C20H36O3. The minimum absolute atomic E-state index is 0.345. The summed E-state index contributed by atoms with van der Waals surface area (Å²) in [5.74, 6) is -0.892. The fraction of sp³-hybridized carbons (Fsp3) is 0.750. The number of carbonyl (C=O) groups is 1. The number of hydrogen-bond acceptors (Lipinski definition) is 2. The predicted molar refractivity (Wildman–Crippen MR) is 97.6 cm³/mol. The molecule has 0 aromatic heterocycles. The second-order valence-corrected chi connectivity index (χ2v) is 6.23. The topological polar surface area (TPSA) is 57.5 Å². The van der Waals surface area contributed by atoms with Crippen LogP contribution in [0.25, 0.3) is 0 Å². The highest BCUT2D eigenvalue weighted by Gasteiger charge is 1.93. The van der Waals surface area contributed by atoms with E-state index in [-0.39, 0.29) is 0 Å². The first-order valence-electron chi connectivity index (χ1n) is 9.44. The molecule has 0 heterocycles. The van der Waals surface area contributed by atoms with Crippen LogP contribution < -0.4 is 0 Å². The molecule has 0 bridgehead atoms. The third-order valence-electron chi connectivity index (χ3n) is 4.01. The molecule has 3 nitrogen and oxygen atoms in total. The molecule has 0 aromatic rings. The summed E-state index contributed by atoms with van der Waals surface area (Å²) in [6, 6.07) is 0. The van der Waals surface area contributed by atoms with Crippen molar-refractivity contribution in [1.82, 2.24) is 0 Å². The van der Waals surface area contributed by atoms with E-state index in [2.05, 4.69) is 0 Å². The minimum Gasteiger partial charge on any atom is -0.478 e. The maximum atomic E-state index is 10.2.